The lowest BCUT2D eigenvalue weighted by molar-refractivity contribution is 0.223. The Morgan fingerprint density at radius 3 is 2.27 bits per heavy atom. The minimum atomic E-state index is -0.649. The Kier molecular flexibility index (Phi) is 11.0. The standard InChI is InChI=1S/C21H35ClN4O3S/c1-3-4-5-6-7-8-9-10-11-12-13-26-17-18(25(2)20(29)24-19(17)28)23-21(26)30-15-16(27)14-22/h16,27H,3-15H2,1-2H3,(H,24,28,29)/t16-/m0/s1. The van der Waals surface area contributed by atoms with Crippen LogP contribution in [0.25, 0.3) is 11.2 Å². The summed E-state index contributed by atoms with van der Waals surface area (Å²) < 4.78 is 3.23. The summed E-state index contributed by atoms with van der Waals surface area (Å²) in [5.41, 5.74) is -0.111. The highest BCUT2D eigenvalue weighted by Gasteiger charge is 2.18. The highest BCUT2D eigenvalue weighted by molar-refractivity contribution is 7.99. The van der Waals surface area contributed by atoms with Crippen molar-refractivity contribution in [2.45, 2.75) is 88.9 Å². The van der Waals surface area contributed by atoms with Crippen molar-refractivity contribution in [3.63, 3.8) is 0 Å². The molecule has 7 nitrogen and oxygen atoms in total. The molecule has 2 heterocycles. The van der Waals surface area contributed by atoms with Crippen LogP contribution in [0.15, 0.2) is 14.7 Å². The molecule has 0 aliphatic carbocycles. The van der Waals surface area contributed by atoms with E-state index < -0.39 is 17.4 Å². The number of aryl methyl sites for hydroxylation is 2. The van der Waals surface area contributed by atoms with Crippen LogP contribution >= 0.6 is 23.4 Å². The number of nitrogens with one attached hydrogen (secondary N) is 1. The van der Waals surface area contributed by atoms with E-state index in [2.05, 4.69) is 16.9 Å². The first-order chi connectivity index (χ1) is 14.5. The van der Waals surface area contributed by atoms with Crippen LogP contribution in [0.3, 0.4) is 0 Å². The van der Waals surface area contributed by atoms with E-state index >= 15 is 0 Å². The average Bonchev–Trinajstić information content (AvgIpc) is 3.10. The molecular weight excluding hydrogens is 424 g/mol. The lowest BCUT2D eigenvalue weighted by Gasteiger charge is -2.10. The number of thioether (sulfide) groups is 1. The SMILES string of the molecule is CCCCCCCCCCCCn1c(SC[C@@H](O)CCl)nc2c1c(=O)[nH]c(=O)n2C. The lowest BCUT2D eigenvalue weighted by atomic mass is 10.1. The van der Waals surface area contributed by atoms with Crippen molar-refractivity contribution >= 4 is 34.5 Å². The summed E-state index contributed by atoms with van der Waals surface area (Å²) in [7, 11) is 1.60. The number of halogens is 1. The summed E-state index contributed by atoms with van der Waals surface area (Å²) in [4.78, 5) is 31.3. The molecule has 30 heavy (non-hydrogen) atoms. The zero-order valence-corrected chi connectivity index (χ0v) is 19.7. The third-order valence-corrected chi connectivity index (χ3v) is 6.77. The van der Waals surface area contributed by atoms with Crippen molar-refractivity contribution in [1.29, 1.82) is 0 Å². The molecule has 0 aliphatic heterocycles. The van der Waals surface area contributed by atoms with Gasteiger partial charge in [0.1, 0.15) is 0 Å². The van der Waals surface area contributed by atoms with Crippen LogP contribution < -0.4 is 11.2 Å². The van der Waals surface area contributed by atoms with Crippen molar-refractivity contribution < 1.29 is 5.11 Å². The number of unbranched alkanes of at least 4 members (excludes halogenated alkanes) is 9. The number of aromatic amines is 1. The molecule has 0 saturated heterocycles. The van der Waals surface area contributed by atoms with Crippen LogP contribution in [0.2, 0.25) is 0 Å². The van der Waals surface area contributed by atoms with Crippen LogP contribution in [0.4, 0.5) is 0 Å². The Morgan fingerprint density at radius 1 is 1.07 bits per heavy atom. The molecule has 0 aliphatic rings. The normalized spacial score (nSPS) is 12.7. The maximum Gasteiger partial charge on any atom is 0.329 e. The van der Waals surface area contributed by atoms with Gasteiger partial charge in [0.25, 0.3) is 5.56 Å². The Morgan fingerprint density at radius 2 is 1.67 bits per heavy atom. The second-order valence-corrected chi connectivity index (χ2v) is 9.13. The van der Waals surface area contributed by atoms with Gasteiger partial charge in [0.2, 0.25) is 0 Å². The topological polar surface area (TPSA) is 92.9 Å². The number of nitrogens with zero attached hydrogens (tertiary/aromatic N) is 3. The Balaban J connectivity index is 1.97. The molecular formula is C21H35ClN4O3S. The van der Waals surface area contributed by atoms with Crippen LogP contribution in [-0.4, -0.2) is 41.9 Å². The number of aromatic nitrogens is 4. The number of aliphatic hydroxyl groups is 1. The van der Waals surface area contributed by atoms with Gasteiger partial charge in [0.15, 0.2) is 16.3 Å². The van der Waals surface area contributed by atoms with E-state index in [0.717, 1.165) is 12.8 Å². The fourth-order valence-corrected chi connectivity index (χ4v) is 4.69. The second-order valence-electron chi connectivity index (χ2n) is 7.84. The minimum absolute atomic E-state index is 0.144. The van der Waals surface area contributed by atoms with Gasteiger partial charge >= 0.3 is 5.69 Å². The van der Waals surface area contributed by atoms with Crippen molar-refractivity contribution in [2.75, 3.05) is 11.6 Å². The molecule has 0 unspecified atom stereocenters. The van der Waals surface area contributed by atoms with Crippen LogP contribution in [-0.2, 0) is 13.6 Å². The molecule has 2 aromatic rings. The van der Waals surface area contributed by atoms with Gasteiger partial charge < -0.3 is 9.67 Å². The van der Waals surface area contributed by atoms with E-state index in [9.17, 15) is 14.7 Å². The largest absolute Gasteiger partial charge is 0.391 e. The van der Waals surface area contributed by atoms with Crippen LogP contribution in [0.1, 0.15) is 71.1 Å². The third-order valence-electron chi connectivity index (χ3n) is 5.29. The third kappa shape index (κ3) is 7.17. The number of hydrogen-bond acceptors (Lipinski definition) is 5. The molecule has 0 radical (unpaired) electrons. The van der Waals surface area contributed by atoms with Gasteiger partial charge in [-0.15, -0.1) is 11.6 Å². The van der Waals surface area contributed by atoms with Crippen molar-refractivity contribution in [1.82, 2.24) is 19.1 Å². The van der Waals surface area contributed by atoms with Gasteiger partial charge in [-0.2, -0.15) is 0 Å². The van der Waals surface area contributed by atoms with E-state index in [-0.39, 0.29) is 5.88 Å². The molecule has 0 amide bonds. The van der Waals surface area contributed by atoms with Gasteiger partial charge in [0, 0.05) is 25.2 Å². The summed E-state index contributed by atoms with van der Waals surface area (Å²) in [6.45, 7) is 2.90. The molecule has 0 spiro atoms. The summed E-state index contributed by atoms with van der Waals surface area (Å²) in [6.07, 6.45) is 11.7. The summed E-state index contributed by atoms with van der Waals surface area (Å²) >= 11 is 7.06. The number of hydrogen-bond donors (Lipinski definition) is 2. The monoisotopic (exact) mass is 458 g/mol. The highest BCUT2D eigenvalue weighted by atomic mass is 35.5. The van der Waals surface area contributed by atoms with E-state index in [1.165, 1.54) is 67.7 Å². The van der Waals surface area contributed by atoms with Gasteiger partial charge in [-0.05, 0) is 6.42 Å². The Hall–Kier alpha value is -1.25. The molecule has 1 atom stereocenters. The predicted octanol–water partition coefficient (Wildman–Crippen LogP) is 4.04. The number of fused-ring (bicyclic) bond motifs is 1. The van der Waals surface area contributed by atoms with E-state index in [0.29, 0.717) is 28.6 Å². The molecule has 170 valence electrons. The summed E-state index contributed by atoms with van der Waals surface area (Å²) in [5, 5.41) is 10.4. The molecule has 0 fully saturated rings. The fourth-order valence-electron chi connectivity index (χ4n) is 3.50. The van der Waals surface area contributed by atoms with Crippen LogP contribution in [0.5, 0.6) is 0 Å². The number of alkyl halides is 1. The lowest BCUT2D eigenvalue weighted by Crippen LogP contribution is -2.29. The van der Waals surface area contributed by atoms with Gasteiger partial charge in [-0.25, -0.2) is 9.78 Å². The zero-order valence-electron chi connectivity index (χ0n) is 18.2. The second kappa shape index (κ2) is 13.2. The molecule has 2 aromatic heterocycles. The van der Waals surface area contributed by atoms with Gasteiger partial charge in [-0.3, -0.25) is 14.3 Å². The molecule has 0 aromatic carbocycles. The van der Waals surface area contributed by atoms with Gasteiger partial charge in [-0.1, -0.05) is 76.5 Å². The maximum atomic E-state index is 12.5. The number of H-pyrrole nitrogens is 1. The van der Waals surface area contributed by atoms with E-state index in [4.69, 9.17) is 11.6 Å². The number of aliphatic hydroxyl groups excluding tert-OH is 1. The first kappa shape index (κ1) is 25.0. The first-order valence-electron chi connectivity index (χ1n) is 11.1. The van der Waals surface area contributed by atoms with Crippen LogP contribution in [0, 0.1) is 0 Å². The van der Waals surface area contributed by atoms with E-state index in [1.807, 2.05) is 4.57 Å². The molecule has 0 saturated carbocycles. The maximum absolute atomic E-state index is 12.5. The van der Waals surface area contributed by atoms with Gasteiger partial charge in [0.05, 0.1) is 6.10 Å². The molecule has 9 heteroatoms. The smallest absolute Gasteiger partial charge is 0.329 e. The Bertz CT molecular complexity index is 893. The number of imidazole rings is 1. The minimum Gasteiger partial charge on any atom is -0.391 e. The Labute approximate surface area is 187 Å². The van der Waals surface area contributed by atoms with Crippen molar-refractivity contribution in [2.24, 2.45) is 7.05 Å². The molecule has 0 bridgehead atoms. The zero-order chi connectivity index (χ0) is 21.9. The predicted molar refractivity (Wildman–Crippen MR) is 125 cm³/mol. The van der Waals surface area contributed by atoms with E-state index in [1.54, 1.807) is 7.05 Å². The molecule has 2 rings (SSSR count). The summed E-state index contributed by atoms with van der Waals surface area (Å²) in [5.74, 6) is 0.529. The summed E-state index contributed by atoms with van der Waals surface area (Å²) in [6, 6.07) is 0. The molecule has 2 N–H and O–H groups in total. The quantitative estimate of drug-likeness (QED) is 0.239. The average molecular weight is 459 g/mol. The first-order valence-corrected chi connectivity index (χ1v) is 12.6. The fraction of sp³-hybridized carbons (Fsp3) is 0.762. The van der Waals surface area contributed by atoms with Crippen molar-refractivity contribution in [3.8, 4) is 0 Å². The highest BCUT2D eigenvalue weighted by Crippen LogP contribution is 2.23. The van der Waals surface area contributed by atoms with Crippen molar-refractivity contribution in [3.05, 3.63) is 20.8 Å². The number of rotatable bonds is 15.